The predicted octanol–water partition coefficient (Wildman–Crippen LogP) is 8.72. The lowest BCUT2D eigenvalue weighted by atomic mass is 9.94. The first-order valence-electron chi connectivity index (χ1n) is 14.2. The van der Waals surface area contributed by atoms with Crippen molar-refractivity contribution in [3.8, 4) is 6.07 Å². The highest BCUT2D eigenvalue weighted by molar-refractivity contribution is 6.49. The molecule has 13 heteroatoms. The summed E-state index contributed by atoms with van der Waals surface area (Å²) in [6, 6.07) is 6.50. The molecule has 0 unspecified atom stereocenters. The number of hydrogen-bond acceptors (Lipinski definition) is 7. The zero-order valence-electron chi connectivity index (χ0n) is 25.1. The molecule has 5 rings (SSSR count). The minimum atomic E-state index is -4.48. The van der Waals surface area contributed by atoms with E-state index < -0.39 is 17.8 Å². The molecule has 2 N–H and O–H groups in total. The van der Waals surface area contributed by atoms with E-state index in [1.807, 2.05) is 0 Å². The SMILES string of the molecule is C=C(c1ccncc1/C(Cl)=C\C)[C@H](Nc1cc(Cl)c2ncc(C#N)c(NCC(C)(C)C)c2c1)c1cn(C2(C(F)(F)F)CC2)nn1. The average molecular weight is 656 g/mol. The number of nitriles is 1. The Balaban J connectivity index is 1.64. The van der Waals surface area contributed by atoms with Crippen LogP contribution in [-0.2, 0) is 5.54 Å². The fraction of sp³-hybridized carbons (Fsp3) is 0.344. The predicted molar refractivity (Wildman–Crippen MR) is 172 cm³/mol. The Morgan fingerprint density at radius 2 is 1.96 bits per heavy atom. The number of fused-ring (bicyclic) bond motifs is 1. The lowest BCUT2D eigenvalue weighted by Gasteiger charge is -2.24. The summed E-state index contributed by atoms with van der Waals surface area (Å²) in [5.74, 6) is 0. The van der Waals surface area contributed by atoms with Gasteiger partial charge in [0.1, 0.15) is 11.8 Å². The molecule has 1 saturated carbocycles. The third kappa shape index (κ3) is 6.35. The largest absolute Gasteiger partial charge is 0.413 e. The Hall–Kier alpha value is -4.14. The van der Waals surface area contributed by atoms with Crippen molar-refractivity contribution in [3.05, 3.63) is 83.0 Å². The molecule has 45 heavy (non-hydrogen) atoms. The van der Waals surface area contributed by atoms with Gasteiger partial charge in [0.2, 0.25) is 0 Å². The van der Waals surface area contributed by atoms with E-state index in [2.05, 4.69) is 64.3 Å². The van der Waals surface area contributed by atoms with Crippen molar-refractivity contribution < 1.29 is 13.2 Å². The van der Waals surface area contributed by atoms with Crippen LogP contribution in [-0.4, -0.2) is 37.7 Å². The van der Waals surface area contributed by atoms with Gasteiger partial charge in [-0.1, -0.05) is 61.8 Å². The van der Waals surface area contributed by atoms with E-state index in [0.29, 0.717) is 61.1 Å². The molecule has 1 aliphatic carbocycles. The first-order valence-corrected chi connectivity index (χ1v) is 14.9. The number of hydrogen-bond donors (Lipinski definition) is 2. The highest BCUT2D eigenvalue weighted by atomic mass is 35.5. The molecule has 1 aliphatic rings. The molecule has 234 valence electrons. The van der Waals surface area contributed by atoms with Crippen molar-refractivity contribution in [2.45, 2.75) is 58.3 Å². The second-order valence-electron chi connectivity index (χ2n) is 12.2. The molecule has 1 aromatic carbocycles. The van der Waals surface area contributed by atoms with Crippen LogP contribution in [0.5, 0.6) is 0 Å². The van der Waals surface area contributed by atoms with Crippen LogP contribution in [0.15, 0.2) is 55.6 Å². The Morgan fingerprint density at radius 3 is 2.58 bits per heavy atom. The van der Waals surface area contributed by atoms with E-state index in [4.69, 9.17) is 23.2 Å². The molecular weight excluding hydrogens is 624 g/mol. The van der Waals surface area contributed by atoms with Crippen LogP contribution < -0.4 is 10.6 Å². The van der Waals surface area contributed by atoms with Crippen molar-refractivity contribution in [1.29, 1.82) is 5.26 Å². The summed E-state index contributed by atoms with van der Waals surface area (Å²) < 4.78 is 42.8. The van der Waals surface area contributed by atoms with Gasteiger partial charge in [-0.3, -0.25) is 9.97 Å². The van der Waals surface area contributed by atoms with E-state index in [9.17, 15) is 18.4 Å². The molecule has 4 aromatic rings. The molecule has 8 nitrogen and oxygen atoms in total. The molecule has 0 aliphatic heterocycles. The molecule has 1 atom stereocenters. The Labute approximate surface area is 269 Å². The number of benzene rings is 1. The van der Waals surface area contributed by atoms with Crippen molar-refractivity contribution in [1.82, 2.24) is 25.0 Å². The maximum absolute atomic E-state index is 14.0. The van der Waals surface area contributed by atoms with Gasteiger partial charge in [0.05, 0.1) is 34.0 Å². The highest BCUT2D eigenvalue weighted by Crippen LogP contribution is 2.55. The van der Waals surface area contributed by atoms with Crippen LogP contribution in [0.3, 0.4) is 0 Å². The number of alkyl halides is 3. The molecule has 3 heterocycles. The smallest absolute Gasteiger partial charge is 0.383 e. The second kappa shape index (κ2) is 12.0. The standard InChI is InChI=1S/C32H31Cl2F3N8/c1-6-24(33)23-15-39-10-7-21(23)18(2)27(26-16-45(44-43-26)31(8-9-31)32(35,36)37)42-20-11-22-28(41-17-30(3,4)5)19(13-38)14-40-29(22)25(34)12-20/h6-7,10-12,14-16,27,42H,2,8-9,17H2,1,3-5H3,(H,40,41)/b24-6+/t27-/m0/s1. The number of pyridine rings is 2. The van der Waals surface area contributed by atoms with Gasteiger partial charge in [-0.2, -0.15) is 18.4 Å². The first-order chi connectivity index (χ1) is 21.2. The quantitative estimate of drug-likeness (QED) is 0.186. The Kier molecular flexibility index (Phi) is 8.59. The van der Waals surface area contributed by atoms with Gasteiger partial charge < -0.3 is 10.6 Å². The molecule has 0 bridgehead atoms. The minimum Gasteiger partial charge on any atom is -0.383 e. The van der Waals surface area contributed by atoms with Crippen molar-refractivity contribution in [2.75, 3.05) is 17.2 Å². The summed E-state index contributed by atoms with van der Waals surface area (Å²) in [6.07, 6.45) is 3.01. The van der Waals surface area contributed by atoms with Gasteiger partial charge in [-0.25, -0.2) is 4.68 Å². The fourth-order valence-electron chi connectivity index (χ4n) is 5.03. The van der Waals surface area contributed by atoms with Gasteiger partial charge in [0, 0.05) is 46.8 Å². The van der Waals surface area contributed by atoms with Crippen LogP contribution in [0.25, 0.3) is 21.5 Å². The first kappa shape index (κ1) is 32.3. The summed E-state index contributed by atoms with van der Waals surface area (Å²) >= 11 is 13.2. The molecule has 0 saturated heterocycles. The lowest BCUT2D eigenvalue weighted by molar-refractivity contribution is -0.182. The van der Waals surface area contributed by atoms with Crippen LogP contribution in [0.1, 0.15) is 69.0 Å². The van der Waals surface area contributed by atoms with E-state index >= 15 is 0 Å². The highest BCUT2D eigenvalue weighted by Gasteiger charge is 2.66. The van der Waals surface area contributed by atoms with Crippen LogP contribution in [0, 0.1) is 16.7 Å². The number of nitrogens with one attached hydrogen (secondary N) is 2. The van der Waals surface area contributed by atoms with Gasteiger partial charge in [0.15, 0.2) is 5.54 Å². The Morgan fingerprint density at radius 1 is 1.22 bits per heavy atom. The lowest BCUT2D eigenvalue weighted by Crippen LogP contribution is -2.35. The Bertz CT molecular complexity index is 1850. The molecular formula is C32H31Cl2F3N8. The molecule has 0 amide bonds. The topological polar surface area (TPSA) is 104 Å². The molecule has 1 fully saturated rings. The van der Waals surface area contributed by atoms with Crippen molar-refractivity contribution >= 4 is 56.1 Å². The molecule has 0 radical (unpaired) electrons. The monoisotopic (exact) mass is 654 g/mol. The maximum atomic E-state index is 14.0. The van der Waals surface area contributed by atoms with Crippen molar-refractivity contribution in [2.24, 2.45) is 5.41 Å². The average Bonchev–Trinajstić information content (AvgIpc) is 3.68. The van der Waals surface area contributed by atoms with Gasteiger partial charge in [0.25, 0.3) is 0 Å². The zero-order valence-corrected chi connectivity index (χ0v) is 26.6. The number of rotatable bonds is 9. The number of halogens is 5. The molecule has 3 aromatic heterocycles. The van der Waals surface area contributed by atoms with Crippen LogP contribution in [0.2, 0.25) is 5.02 Å². The third-order valence-corrected chi connectivity index (χ3v) is 8.38. The van der Waals surface area contributed by atoms with Crippen molar-refractivity contribution in [3.63, 3.8) is 0 Å². The van der Waals surface area contributed by atoms with E-state index in [-0.39, 0.29) is 24.0 Å². The summed E-state index contributed by atoms with van der Waals surface area (Å²) in [7, 11) is 0. The van der Waals surface area contributed by atoms with Gasteiger partial charge in [-0.15, -0.1) is 5.10 Å². The summed E-state index contributed by atoms with van der Waals surface area (Å²) in [4.78, 5) is 8.61. The van der Waals surface area contributed by atoms with E-state index in [0.717, 1.165) is 4.68 Å². The molecule has 0 spiro atoms. The fourth-order valence-corrected chi connectivity index (χ4v) is 5.45. The number of allylic oxidation sites excluding steroid dienone is 1. The normalized spacial score (nSPS) is 15.4. The van der Waals surface area contributed by atoms with Crippen LogP contribution in [0.4, 0.5) is 24.5 Å². The van der Waals surface area contributed by atoms with Gasteiger partial charge >= 0.3 is 6.18 Å². The number of aromatic nitrogens is 5. The zero-order chi connectivity index (χ0) is 32.7. The third-order valence-electron chi connectivity index (χ3n) is 7.67. The van der Waals surface area contributed by atoms with E-state index in [1.165, 1.54) is 12.4 Å². The number of nitrogens with zero attached hydrogens (tertiary/aromatic N) is 6. The maximum Gasteiger partial charge on any atom is 0.413 e. The van der Waals surface area contributed by atoms with Gasteiger partial charge in [-0.05, 0) is 54.5 Å². The summed E-state index contributed by atoms with van der Waals surface area (Å²) in [6.45, 7) is 12.9. The second-order valence-corrected chi connectivity index (χ2v) is 13.0. The van der Waals surface area contributed by atoms with Crippen LogP contribution >= 0.6 is 23.2 Å². The number of anilines is 2. The summed E-state index contributed by atoms with van der Waals surface area (Å²) in [5, 5.41) is 26.0. The van der Waals surface area contributed by atoms with E-state index in [1.54, 1.807) is 43.6 Å². The minimum absolute atomic E-state index is 0.0808. The summed E-state index contributed by atoms with van der Waals surface area (Å²) in [5.41, 5.74) is 1.59.